The summed E-state index contributed by atoms with van der Waals surface area (Å²) in [6, 6.07) is 6.04. The largest absolute Gasteiger partial charge is 0.416 e. The van der Waals surface area contributed by atoms with E-state index in [2.05, 4.69) is 10.3 Å². The number of aryl methyl sites for hydroxylation is 2. The molecular formula is C14H18N2O3. The van der Waals surface area contributed by atoms with E-state index in [0.29, 0.717) is 18.7 Å². The van der Waals surface area contributed by atoms with Gasteiger partial charge in [-0.15, -0.1) is 0 Å². The van der Waals surface area contributed by atoms with Crippen LogP contribution in [0, 0.1) is 13.8 Å². The molecule has 1 unspecified atom stereocenters. The van der Waals surface area contributed by atoms with Crippen LogP contribution in [0.1, 0.15) is 16.9 Å². The van der Waals surface area contributed by atoms with E-state index < -0.39 is 11.9 Å². The summed E-state index contributed by atoms with van der Waals surface area (Å²) in [4.78, 5) is 13.2. The van der Waals surface area contributed by atoms with Gasteiger partial charge < -0.3 is 14.8 Å². The lowest BCUT2D eigenvalue weighted by Gasteiger charge is -2.15. The Morgan fingerprint density at radius 2 is 2.05 bits per heavy atom. The van der Waals surface area contributed by atoms with Crippen molar-refractivity contribution in [1.29, 1.82) is 0 Å². The van der Waals surface area contributed by atoms with Gasteiger partial charge in [-0.2, -0.15) is 0 Å². The molecule has 0 saturated heterocycles. The molecule has 5 heteroatoms. The van der Waals surface area contributed by atoms with Gasteiger partial charge in [-0.05, 0) is 25.0 Å². The fourth-order valence-electron chi connectivity index (χ4n) is 2.04. The minimum absolute atomic E-state index is 0.302. The lowest BCUT2D eigenvalue weighted by Crippen LogP contribution is -2.22. The average molecular weight is 262 g/mol. The Bertz CT molecular complexity index is 580. The topological polar surface area (TPSA) is 78.3 Å². The maximum atomic E-state index is 10.8. The number of para-hydroxylation sites is 1. The summed E-state index contributed by atoms with van der Waals surface area (Å²) >= 11 is 0. The van der Waals surface area contributed by atoms with Gasteiger partial charge in [0.15, 0.2) is 0 Å². The molecule has 0 amide bonds. The molecule has 0 saturated carbocycles. The zero-order valence-electron chi connectivity index (χ0n) is 11.1. The molecule has 0 radical (unpaired) electrons. The Morgan fingerprint density at radius 1 is 1.37 bits per heavy atom. The standard InChI is InChI=1S/C14H18N2O3/c1-9-4-3-5-10(2)13(9)15-7-11(17)6-12-8-16-14(18)19-12/h3-5,8,11,15,17H,6-7H2,1-2H3,(H,16,18). The number of nitrogens with one attached hydrogen (secondary N) is 2. The van der Waals surface area contributed by atoms with Crippen LogP contribution in [-0.4, -0.2) is 22.7 Å². The predicted molar refractivity (Wildman–Crippen MR) is 73.4 cm³/mol. The fraction of sp³-hybridized carbons (Fsp3) is 0.357. The number of benzene rings is 1. The maximum Gasteiger partial charge on any atom is 0.416 e. The first-order valence-corrected chi connectivity index (χ1v) is 6.22. The number of oxazole rings is 1. The van der Waals surface area contributed by atoms with E-state index in [1.807, 2.05) is 32.0 Å². The van der Waals surface area contributed by atoms with E-state index in [4.69, 9.17) is 4.42 Å². The first-order chi connectivity index (χ1) is 9.06. The first kappa shape index (κ1) is 13.4. The van der Waals surface area contributed by atoms with Crippen LogP contribution in [0.2, 0.25) is 0 Å². The molecule has 1 aromatic carbocycles. The zero-order chi connectivity index (χ0) is 13.8. The predicted octanol–water partition coefficient (Wildman–Crippen LogP) is 1.60. The van der Waals surface area contributed by atoms with E-state index in [1.54, 1.807) is 0 Å². The normalized spacial score (nSPS) is 12.4. The van der Waals surface area contributed by atoms with E-state index in [0.717, 1.165) is 16.8 Å². The van der Waals surface area contributed by atoms with Crippen molar-refractivity contribution >= 4 is 5.69 Å². The highest BCUT2D eigenvalue weighted by atomic mass is 16.4. The molecule has 0 aliphatic rings. The highest BCUT2D eigenvalue weighted by Crippen LogP contribution is 2.19. The molecule has 1 atom stereocenters. The van der Waals surface area contributed by atoms with Gasteiger partial charge in [0, 0.05) is 24.8 Å². The van der Waals surface area contributed by atoms with Gasteiger partial charge in [0.05, 0.1) is 6.10 Å². The van der Waals surface area contributed by atoms with Gasteiger partial charge in [0.1, 0.15) is 5.76 Å². The highest BCUT2D eigenvalue weighted by Gasteiger charge is 2.10. The highest BCUT2D eigenvalue weighted by molar-refractivity contribution is 5.56. The third-order valence-corrected chi connectivity index (χ3v) is 3.01. The molecule has 0 spiro atoms. The number of aliphatic hydroxyl groups is 1. The second-order valence-corrected chi connectivity index (χ2v) is 4.65. The summed E-state index contributed by atoms with van der Waals surface area (Å²) in [6.45, 7) is 4.44. The van der Waals surface area contributed by atoms with Gasteiger partial charge in [-0.3, -0.25) is 4.98 Å². The molecule has 2 aromatic rings. The minimum atomic E-state index is -0.613. The van der Waals surface area contributed by atoms with Gasteiger partial charge in [0.2, 0.25) is 0 Å². The van der Waals surface area contributed by atoms with Crippen LogP contribution in [0.15, 0.2) is 33.6 Å². The van der Waals surface area contributed by atoms with Crippen LogP contribution >= 0.6 is 0 Å². The average Bonchev–Trinajstić information content (AvgIpc) is 2.74. The van der Waals surface area contributed by atoms with Crippen molar-refractivity contribution < 1.29 is 9.52 Å². The number of aromatic nitrogens is 1. The number of H-pyrrole nitrogens is 1. The minimum Gasteiger partial charge on any atom is -0.413 e. The van der Waals surface area contributed by atoms with Gasteiger partial charge in [0.25, 0.3) is 0 Å². The molecule has 3 N–H and O–H groups in total. The molecule has 19 heavy (non-hydrogen) atoms. The van der Waals surface area contributed by atoms with Crippen LogP contribution < -0.4 is 11.1 Å². The summed E-state index contributed by atoms with van der Waals surface area (Å²) < 4.78 is 4.85. The number of rotatable bonds is 5. The summed E-state index contributed by atoms with van der Waals surface area (Å²) in [7, 11) is 0. The Hall–Kier alpha value is -2.01. The molecule has 102 valence electrons. The Morgan fingerprint density at radius 3 is 2.63 bits per heavy atom. The number of aromatic amines is 1. The smallest absolute Gasteiger partial charge is 0.413 e. The zero-order valence-corrected chi connectivity index (χ0v) is 11.1. The molecular weight excluding hydrogens is 244 g/mol. The maximum absolute atomic E-state index is 10.8. The molecule has 2 rings (SSSR count). The number of aliphatic hydroxyl groups excluding tert-OH is 1. The second kappa shape index (κ2) is 5.75. The van der Waals surface area contributed by atoms with Crippen molar-refractivity contribution in [3.05, 3.63) is 51.8 Å². The monoisotopic (exact) mass is 262 g/mol. The van der Waals surface area contributed by atoms with E-state index in [-0.39, 0.29) is 0 Å². The summed E-state index contributed by atoms with van der Waals surface area (Å²) in [5, 5.41) is 13.1. The van der Waals surface area contributed by atoms with Crippen LogP contribution in [0.4, 0.5) is 5.69 Å². The number of anilines is 1. The molecule has 1 aromatic heterocycles. The van der Waals surface area contributed by atoms with Crippen LogP contribution in [0.5, 0.6) is 0 Å². The summed E-state index contributed by atoms with van der Waals surface area (Å²) in [6.07, 6.45) is 1.17. The lowest BCUT2D eigenvalue weighted by atomic mass is 10.1. The Balaban J connectivity index is 1.93. The third-order valence-electron chi connectivity index (χ3n) is 3.01. The van der Waals surface area contributed by atoms with E-state index in [9.17, 15) is 9.90 Å². The second-order valence-electron chi connectivity index (χ2n) is 4.65. The van der Waals surface area contributed by atoms with Crippen LogP contribution in [0.3, 0.4) is 0 Å². The quantitative estimate of drug-likeness (QED) is 0.764. The molecule has 0 aliphatic heterocycles. The Labute approximate surface area is 111 Å². The van der Waals surface area contributed by atoms with Gasteiger partial charge >= 0.3 is 5.76 Å². The van der Waals surface area contributed by atoms with Crippen molar-refractivity contribution in [2.24, 2.45) is 0 Å². The van der Waals surface area contributed by atoms with Crippen molar-refractivity contribution in [2.75, 3.05) is 11.9 Å². The van der Waals surface area contributed by atoms with Crippen molar-refractivity contribution in [2.45, 2.75) is 26.4 Å². The van der Waals surface area contributed by atoms with Crippen molar-refractivity contribution in [1.82, 2.24) is 4.98 Å². The molecule has 1 heterocycles. The molecule has 0 bridgehead atoms. The van der Waals surface area contributed by atoms with Gasteiger partial charge in [-0.25, -0.2) is 4.79 Å². The molecule has 0 fully saturated rings. The van der Waals surface area contributed by atoms with Gasteiger partial charge in [-0.1, -0.05) is 18.2 Å². The SMILES string of the molecule is Cc1cccc(C)c1NCC(O)Cc1c[nH]c(=O)o1. The van der Waals surface area contributed by atoms with E-state index in [1.165, 1.54) is 6.20 Å². The molecule has 5 nitrogen and oxygen atoms in total. The third kappa shape index (κ3) is 3.48. The van der Waals surface area contributed by atoms with Crippen LogP contribution in [-0.2, 0) is 6.42 Å². The first-order valence-electron chi connectivity index (χ1n) is 6.22. The summed E-state index contributed by atoms with van der Waals surface area (Å²) in [5.41, 5.74) is 3.32. The fourth-order valence-corrected chi connectivity index (χ4v) is 2.04. The Kier molecular flexibility index (Phi) is 4.06. The van der Waals surface area contributed by atoms with Crippen LogP contribution in [0.25, 0.3) is 0 Å². The van der Waals surface area contributed by atoms with Crippen molar-refractivity contribution in [3.8, 4) is 0 Å². The number of hydrogen-bond donors (Lipinski definition) is 3. The lowest BCUT2D eigenvalue weighted by molar-refractivity contribution is 0.179. The summed E-state index contributed by atoms with van der Waals surface area (Å²) in [5.74, 6) is -0.0364. The van der Waals surface area contributed by atoms with Crippen molar-refractivity contribution in [3.63, 3.8) is 0 Å². The van der Waals surface area contributed by atoms with E-state index >= 15 is 0 Å². The molecule has 0 aliphatic carbocycles. The number of hydrogen-bond acceptors (Lipinski definition) is 4.